The van der Waals surface area contributed by atoms with Gasteiger partial charge in [-0.1, -0.05) is 65.8 Å². The molecule has 0 aliphatic carbocycles. The van der Waals surface area contributed by atoms with Gasteiger partial charge in [0.2, 0.25) is 0 Å². The van der Waals surface area contributed by atoms with E-state index in [0.29, 0.717) is 21.5 Å². The predicted molar refractivity (Wildman–Crippen MR) is 106 cm³/mol. The van der Waals surface area contributed by atoms with Crippen LogP contribution >= 0.6 is 23.4 Å². The number of carbonyl (C=O) groups excluding carboxylic acids is 1. The Bertz CT molecular complexity index is 1020. The molecule has 1 aliphatic rings. The maximum absolute atomic E-state index is 12.3. The first-order valence-electron chi connectivity index (χ1n) is 7.78. The fourth-order valence-corrected chi connectivity index (χ4v) is 3.66. The molecular weight excluding hydrogens is 352 g/mol. The molecule has 0 N–H and O–H groups in total. The normalized spacial score (nSPS) is 15.6. The minimum atomic E-state index is -0.304. The molecule has 1 heterocycles. The van der Waals surface area contributed by atoms with E-state index in [-0.39, 0.29) is 5.91 Å². The maximum Gasteiger partial charge on any atom is 0.279 e. The fourth-order valence-electron chi connectivity index (χ4n) is 2.73. The number of hydrogen-bond acceptors (Lipinski definition) is 2. The molecule has 0 saturated heterocycles. The minimum Gasteiger partial charge on any atom is -0.267 e. The summed E-state index contributed by atoms with van der Waals surface area (Å²) in [5.74, 6) is 0.405. The highest BCUT2D eigenvalue weighted by Crippen LogP contribution is 2.25. The number of thioether (sulfide) groups is 1. The number of rotatable bonds is 2. The molecule has 3 nitrogen and oxygen atoms in total. The van der Waals surface area contributed by atoms with Gasteiger partial charge in [-0.25, -0.2) is 4.99 Å². The Hall–Kier alpha value is -2.43. The summed E-state index contributed by atoms with van der Waals surface area (Å²) in [6.07, 6.45) is 0. The lowest BCUT2D eigenvalue weighted by atomic mass is 10.0. The van der Waals surface area contributed by atoms with E-state index in [2.05, 4.69) is 34.3 Å². The van der Waals surface area contributed by atoms with Gasteiger partial charge < -0.3 is 0 Å². The topological polar surface area (TPSA) is 41.8 Å². The van der Waals surface area contributed by atoms with Crippen LogP contribution in [0.5, 0.6) is 0 Å². The summed E-state index contributed by atoms with van der Waals surface area (Å²) < 4.78 is 0. The van der Waals surface area contributed by atoms with E-state index in [1.165, 1.54) is 17.1 Å². The molecule has 0 aromatic heterocycles. The summed E-state index contributed by atoms with van der Waals surface area (Å²) in [6, 6.07) is 21.1. The number of fused-ring (bicyclic) bond motifs is 1. The summed E-state index contributed by atoms with van der Waals surface area (Å²) in [5, 5.41) is 3.43. The molecule has 1 aliphatic heterocycles. The minimum absolute atomic E-state index is 0.304. The average molecular weight is 365 g/mol. The maximum atomic E-state index is 12.3. The summed E-state index contributed by atoms with van der Waals surface area (Å²) >= 11 is 7.33. The number of hydrogen-bond donors (Lipinski definition) is 0. The molecule has 0 fully saturated rings. The third-order valence-corrected chi connectivity index (χ3v) is 5.07. The molecule has 3 aromatic rings. The Labute approximate surface area is 154 Å². The van der Waals surface area contributed by atoms with E-state index < -0.39 is 0 Å². The monoisotopic (exact) mass is 364 g/mol. The van der Waals surface area contributed by atoms with Crippen molar-refractivity contribution in [2.45, 2.75) is 0 Å². The van der Waals surface area contributed by atoms with E-state index in [4.69, 9.17) is 11.6 Å². The van der Waals surface area contributed by atoms with Gasteiger partial charge >= 0.3 is 0 Å². The molecule has 5 heteroatoms. The number of nitrogens with zero attached hydrogens (tertiary/aromatic N) is 2. The number of amidine groups is 1. The van der Waals surface area contributed by atoms with Crippen LogP contribution in [0.25, 0.3) is 10.8 Å². The molecule has 0 saturated carbocycles. The van der Waals surface area contributed by atoms with Crippen molar-refractivity contribution in [3.05, 3.63) is 82.9 Å². The zero-order chi connectivity index (χ0) is 17.2. The van der Waals surface area contributed by atoms with Crippen LogP contribution in [0, 0.1) is 0 Å². The molecule has 0 unspecified atom stereocenters. The van der Waals surface area contributed by atoms with E-state index in [1.54, 1.807) is 24.3 Å². The second-order valence-corrected chi connectivity index (χ2v) is 6.96. The van der Waals surface area contributed by atoms with Crippen molar-refractivity contribution in [2.24, 2.45) is 9.98 Å². The lowest BCUT2D eigenvalue weighted by Gasteiger charge is -2.04. The van der Waals surface area contributed by atoms with Crippen molar-refractivity contribution in [1.82, 2.24) is 0 Å². The Morgan fingerprint density at radius 3 is 2.60 bits per heavy atom. The first kappa shape index (κ1) is 16.1. The van der Waals surface area contributed by atoms with Crippen LogP contribution in [-0.4, -0.2) is 22.5 Å². The van der Waals surface area contributed by atoms with Crippen molar-refractivity contribution in [2.75, 3.05) is 5.75 Å². The Balaban J connectivity index is 1.65. The smallest absolute Gasteiger partial charge is 0.267 e. The molecule has 1 amide bonds. The number of amides is 1. The fraction of sp³-hybridized carbons (Fsp3) is 0.0500. The van der Waals surface area contributed by atoms with Crippen LogP contribution in [0.15, 0.2) is 76.7 Å². The van der Waals surface area contributed by atoms with Crippen LogP contribution in [0.3, 0.4) is 0 Å². The van der Waals surface area contributed by atoms with Gasteiger partial charge in [-0.3, -0.25) is 4.79 Å². The highest BCUT2D eigenvalue weighted by molar-refractivity contribution is 8.15. The van der Waals surface area contributed by atoms with Crippen LogP contribution < -0.4 is 0 Å². The zero-order valence-electron chi connectivity index (χ0n) is 13.1. The molecule has 122 valence electrons. The van der Waals surface area contributed by atoms with Gasteiger partial charge in [0.1, 0.15) is 0 Å². The number of benzene rings is 3. The van der Waals surface area contributed by atoms with Gasteiger partial charge in [0.15, 0.2) is 5.17 Å². The van der Waals surface area contributed by atoms with Gasteiger partial charge in [-0.2, -0.15) is 4.99 Å². The predicted octanol–water partition coefficient (Wildman–Crippen LogP) is 5.23. The molecule has 0 spiro atoms. The summed E-state index contributed by atoms with van der Waals surface area (Å²) in [6.45, 7) is 0. The van der Waals surface area contributed by atoms with Crippen LogP contribution in [0.4, 0.5) is 0 Å². The number of aliphatic imine (C=N–C) groups is 2. The third kappa shape index (κ3) is 3.36. The molecule has 3 aromatic carbocycles. The SMILES string of the molecule is O=C(N=C1N=C(c2cccc3ccccc23)CS1)c1ccc(Cl)cc1. The Kier molecular flexibility index (Phi) is 4.38. The first-order chi connectivity index (χ1) is 12.2. The van der Waals surface area contributed by atoms with Gasteiger partial charge in [0, 0.05) is 21.9 Å². The first-order valence-corrected chi connectivity index (χ1v) is 9.14. The molecule has 0 radical (unpaired) electrons. The number of halogens is 1. The van der Waals surface area contributed by atoms with Gasteiger partial charge in [-0.05, 0) is 35.0 Å². The quantitative estimate of drug-likeness (QED) is 0.625. The van der Waals surface area contributed by atoms with Crippen LogP contribution in [0.2, 0.25) is 5.02 Å². The van der Waals surface area contributed by atoms with Crippen molar-refractivity contribution >= 4 is 50.9 Å². The lowest BCUT2D eigenvalue weighted by molar-refractivity contribution is 0.100. The Morgan fingerprint density at radius 2 is 1.76 bits per heavy atom. The summed E-state index contributed by atoms with van der Waals surface area (Å²) in [4.78, 5) is 21.0. The van der Waals surface area contributed by atoms with Gasteiger partial charge in [0.05, 0.1) is 5.71 Å². The van der Waals surface area contributed by atoms with E-state index in [1.807, 2.05) is 18.2 Å². The molecule has 0 atom stereocenters. The van der Waals surface area contributed by atoms with Crippen LogP contribution in [-0.2, 0) is 0 Å². The van der Waals surface area contributed by atoms with E-state index in [9.17, 15) is 4.79 Å². The second-order valence-electron chi connectivity index (χ2n) is 5.58. The van der Waals surface area contributed by atoms with Crippen molar-refractivity contribution in [3.8, 4) is 0 Å². The Morgan fingerprint density at radius 1 is 1.00 bits per heavy atom. The molecular formula is C20H13ClN2OS. The van der Waals surface area contributed by atoms with Crippen molar-refractivity contribution < 1.29 is 4.79 Å². The largest absolute Gasteiger partial charge is 0.279 e. The van der Waals surface area contributed by atoms with Gasteiger partial charge in [0.25, 0.3) is 5.91 Å². The summed E-state index contributed by atoms with van der Waals surface area (Å²) in [5.41, 5.74) is 2.55. The summed E-state index contributed by atoms with van der Waals surface area (Å²) in [7, 11) is 0. The molecule has 0 bridgehead atoms. The van der Waals surface area contributed by atoms with Crippen molar-refractivity contribution in [3.63, 3.8) is 0 Å². The van der Waals surface area contributed by atoms with E-state index in [0.717, 1.165) is 16.7 Å². The average Bonchev–Trinajstić information content (AvgIpc) is 3.10. The lowest BCUT2D eigenvalue weighted by Crippen LogP contribution is -2.00. The standard InChI is InChI=1S/C20H13ClN2OS/c21-15-10-8-14(9-11-15)19(24)23-20-22-18(12-25-20)17-7-3-5-13-4-1-2-6-16(13)17/h1-11H,12H2. The van der Waals surface area contributed by atoms with E-state index >= 15 is 0 Å². The number of carbonyl (C=O) groups is 1. The van der Waals surface area contributed by atoms with Gasteiger partial charge in [-0.15, -0.1) is 0 Å². The second kappa shape index (κ2) is 6.82. The molecule has 25 heavy (non-hydrogen) atoms. The highest BCUT2D eigenvalue weighted by atomic mass is 35.5. The van der Waals surface area contributed by atoms with Crippen LogP contribution in [0.1, 0.15) is 15.9 Å². The molecule has 4 rings (SSSR count). The third-order valence-electron chi connectivity index (χ3n) is 3.96. The zero-order valence-corrected chi connectivity index (χ0v) is 14.7. The highest BCUT2D eigenvalue weighted by Gasteiger charge is 2.18. The van der Waals surface area contributed by atoms with Crippen molar-refractivity contribution in [1.29, 1.82) is 0 Å².